The van der Waals surface area contributed by atoms with Crippen molar-refractivity contribution in [2.75, 3.05) is 24.5 Å². The molecule has 0 aromatic heterocycles. The van der Waals surface area contributed by atoms with Gasteiger partial charge in [0.1, 0.15) is 6.54 Å². The first kappa shape index (κ1) is 22.6. The van der Waals surface area contributed by atoms with E-state index in [0.29, 0.717) is 0 Å². The van der Waals surface area contributed by atoms with E-state index in [2.05, 4.69) is 101 Å². The van der Waals surface area contributed by atoms with E-state index in [0.717, 1.165) is 24.1 Å². The zero-order valence-electron chi connectivity index (χ0n) is 17.3. The van der Waals surface area contributed by atoms with Crippen molar-refractivity contribution in [2.45, 2.75) is 20.8 Å². The average molecular weight is 489 g/mol. The number of anilines is 1. The fraction of sp³-hybridized carbons (Fsp3) is 0.261. The van der Waals surface area contributed by atoms with Gasteiger partial charge >= 0.3 is 8.25 Å². The molecule has 7 heteroatoms. The first-order valence-corrected chi connectivity index (χ1v) is 11.9. The molecule has 0 radical (unpaired) electrons. The van der Waals surface area contributed by atoms with Crippen molar-refractivity contribution in [3.63, 3.8) is 0 Å². The van der Waals surface area contributed by atoms with Gasteiger partial charge in [0.05, 0.1) is 10.9 Å². The van der Waals surface area contributed by atoms with E-state index in [-0.39, 0.29) is 0 Å². The monoisotopic (exact) mass is 488 g/mol. The van der Waals surface area contributed by atoms with Gasteiger partial charge in [-0.2, -0.15) is 4.58 Å². The van der Waals surface area contributed by atoms with Gasteiger partial charge < -0.3 is 4.90 Å². The molecule has 5 nitrogen and oxygen atoms in total. The Kier molecular flexibility index (Phi) is 7.37. The van der Waals surface area contributed by atoms with Crippen LogP contribution in [0.25, 0.3) is 10.8 Å². The van der Waals surface area contributed by atoms with E-state index in [1.807, 2.05) is 0 Å². The Bertz CT molecular complexity index is 1110. The maximum absolute atomic E-state index is 8.70. The molecule has 0 bridgehead atoms. The van der Waals surface area contributed by atoms with E-state index < -0.39 is 8.25 Å². The van der Waals surface area contributed by atoms with Crippen LogP contribution in [0.4, 0.5) is 11.4 Å². The van der Waals surface area contributed by atoms with Gasteiger partial charge in [-0.05, 0) is 57.2 Å². The van der Waals surface area contributed by atoms with Crippen LogP contribution < -0.4 is 4.90 Å². The summed E-state index contributed by atoms with van der Waals surface area (Å²) in [6.07, 6.45) is 0. The Morgan fingerprint density at radius 1 is 0.967 bits per heavy atom. The molecule has 0 saturated heterocycles. The molecule has 0 saturated carbocycles. The zero-order valence-corrected chi connectivity index (χ0v) is 19.8. The number of rotatable bonds is 5. The molecule has 0 aliphatic carbocycles. The molecule has 2 N–H and O–H groups in total. The van der Waals surface area contributed by atoms with Gasteiger partial charge in [0.2, 0.25) is 11.4 Å². The molecule has 0 spiro atoms. The van der Waals surface area contributed by atoms with Crippen LogP contribution in [-0.2, 0) is 4.57 Å². The fourth-order valence-electron chi connectivity index (χ4n) is 4.10. The SMILES string of the molecule is CCN(CC)c1ccc(C2=[N+](CC)c3ccc(Br)c4cccc2c34)cc1.O=[P+](O)O. The highest BCUT2D eigenvalue weighted by atomic mass is 79.9. The van der Waals surface area contributed by atoms with E-state index >= 15 is 0 Å². The molecule has 0 amide bonds. The summed E-state index contributed by atoms with van der Waals surface area (Å²) in [5.74, 6) is 0. The van der Waals surface area contributed by atoms with Crippen LogP contribution >= 0.6 is 24.2 Å². The predicted molar refractivity (Wildman–Crippen MR) is 127 cm³/mol. The molecular formula is C23H26BrN2O3P+2. The van der Waals surface area contributed by atoms with E-state index in [1.54, 1.807) is 0 Å². The summed E-state index contributed by atoms with van der Waals surface area (Å²) >= 11 is 3.72. The normalized spacial score (nSPS) is 12.1. The number of hydrogen-bond donors (Lipinski definition) is 2. The predicted octanol–water partition coefficient (Wildman–Crippen LogP) is 5.59. The highest BCUT2D eigenvalue weighted by Gasteiger charge is 2.32. The molecule has 1 heterocycles. The standard InChI is InChI=1S/C23H24BrN2.HO3P/c1-4-25(5-2)17-12-10-16(11-13-17)23-19-9-7-8-18-20(24)14-15-21(22(18)19)26(23)6-3;1-4(2)3/h7-15H,4-6H2,1-3H3;(H-,1,2,3)/q+1;/p+1. The van der Waals surface area contributed by atoms with Crippen LogP contribution in [0.1, 0.15) is 31.9 Å². The fourth-order valence-corrected chi connectivity index (χ4v) is 4.56. The third-order valence-corrected chi connectivity index (χ3v) is 6.06. The van der Waals surface area contributed by atoms with Gasteiger partial charge in [-0.15, -0.1) is 9.79 Å². The first-order valence-electron chi connectivity index (χ1n) is 9.99. The lowest BCUT2D eigenvalue weighted by molar-refractivity contribution is -0.431. The van der Waals surface area contributed by atoms with Crippen LogP contribution in [-0.4, -0.2) is 39.7 Å². The number of hydrogen-bond acceptors (Lipinski definition) is 2. The maximum Gasteiger partial charge on any atom is 0.692 e. The second-order valence-electron chi connectivity index (χ2n) is 6.86. The highest BCUT2D eigenvalue weighted by Crippen LogP contribution is 2.40. The van der Waals surface area contributed by atoms with Gasteiger partial charge in [-0.3, -0.25) is 0 Å². The molecule has 156 valence electrons. The summed E-state index contributed by atoms with van der Waals surface area (Å²) in [6.45, 7) is 9.66. The largest absolute Gasteiger partial charge is 0.692 e. The molecule has 3 aromatic rings. The molecule has 30 heavy (non-hydrogen) atoms. The Labute approximate surface area is 186 Å². The van der Waals surface area contributed by atoms with Crippen molar-refractivity contribution >= 4 is 52.0 Å². The van der Waals surface area contributed by atoms with Crippen molar-refractivity contribution in [2.24, 2.45) is 0 Å². The summed E-state index contributed by atoms with van der Waals surface area (Å²) in [5, 5.41) is 2.64. The van der Waals surface area contributed by atoms with Crippen LogP contribution in [0, 0.1) is 0 Å². The number of nitrogens with zero attached hydrogens (tertiary/aromatic N) is 2. The summed E-state index contributed by atoms with van der Waals surface area (Å²) in [6, 6.07) is 20.1. The summed E-state index contributed by atoms with van der Waals surface area (Å²) in [5.41, 5.74) is 6.53. The van der Waals surface area contributed by atoms with Gasteiger partial charge in [0.15, 0.2) is 0 Å². The molecule has 1 aliphatic heterocycles. The quantitative estimate of drug-likeness (QED) is 0.362. The summed E-state index contributed by atoms with van der Waals surface area (Å²) < 4.78 is 12.3. The second-order valence-corrected chi connectivity index (χ2v) is 8.22. The van der Waals surface area contributed by atoms with Crippen molar-refractivity contribution in [3.05, 3.63) is 70.2 Å². The third-order valence-electron chi connectivity index (χ3n) is 5.37. The minimum atomic E-state index is -2.87. The van der Waals surface area contributed by atoms with Crippen LogP contribution in [0.15, 0.2) is 59.1 Å². The Morgan fingerprint density at radius 3 is 2.17 bits per heavy atom. The van der Waals surface area contributed by atoms with Crippen LogP contribution in [0.5, 0.6) is 0 Å². The lowest BCUT2D eigenvalue weighted by atomic mass is 9.98. The van der Waals surface area contributed by atoms with Crippen LogP contribution in [0.2, 0.25) is 0 Å². The minimum Gasteiger partial charge on any atom is -0.372 e. The van der Waals surface area contributed by atoms with E-state index in [4.69, 9.17) is 14.4 Å². The molecule has 1 aliphatic rings. The molecule has 0 atom stereocenters. The van der Waals surface area contributed by atoms with Gasteiger partial charge in [0, 0.05) is 44.8 Å². The highest BCUT2D eigenvalue weighted by molar-refractivity contribution is 9.10. The Balaban J connectivity index is 0.000000589. The van der Waals surface area contributed by atoms with Crippen molar-refractivity contribution < 1.29 is 18.9 Å². The molecule has 0 unspecified atom stereocenters. The molecular weight excluding hydrogens is 463 g/mol. The van der Waals surface area contributed by atoms with Gasteiger partial charge in [0.25, 0.3) is 0 Å². The molecule has 4 rings (SSSR count). The number of benzene rings is 3. The van der Waals surface area contributed by atoms with Crippen molar-refractivity contribution in [1.29, 1.82) is 0 Å². The lowest BCUT2D eigenvalue weighted by Gasteiger charge is -2.21. The molecule has 3 aromatic carbocycles. The Hall–Kier alpha value is -2.11. The average Bonchev–Trinajstić information content (AvgIpc) is 3.06. The van der Waals surface area contributed by atoms with Crippen molar-refractivity contribution in [3.8, 4) is 0 Å². The second kappa shape index (κ2) is 9.80. The maximum atomic E-state index is 8.70. The van der Waals surface area contributed by atoms with Crippen molar-refractivity contribution in [1.82, 2.24) is 0 Å². The smallest absolute Gasteiger partial charge is 0.372 e. The van der Waals surface area contributed by atoms with E-state index in [9.17, 15) is 0 Å². The first-order chi connectivity index (χ1) is 14.4. The topological polar surface area (TPSA) is 63.8 Å². The van der Waals surface area contributed by atoms with Gasteiger partial charge in [-0.1, -0.05) is 28.1 Å². The minimum absolute atomic E-state index is 0.957. The summed E-state index contributed by atoms with van der Waals surface area (Å²) in [7, 11) is -2.87. The number of halogens is 1. The van der Waals surface area contributed by atoms with E-state index in [1.165, 1.54) is 39.0 Å². The zero-order chi connectivity index (χ0) is 21.8. The summed E-state index contributed by atoms with van der Waals surface area (Å²) in [4.78, 5) is 16.6. The molecule has 0 fully saturated rings. The van der Waals surface area contributed by atoms with Gasteiger partial charge in [-0.25, -0.2) is 0 Å². The third kappa shape index (κ3) is 4.33. The van der Waals surface area contributed by atoms with Crippen LogP contribution in [0.3, 0.4) is 0 Å². The Morgan fingerprint density at radius 2 is 1.60 bits per heavy atom. The lowest BCUT2D eigenvalue weighted by Crippen LogP contribution is -2.22.